The van der Waals surface area contributed by atoms with E-state index in [9.17, 15) is 5.11 Å². The third kappa shape index (κ3) is 4.22. The number of phenols is 1. The molecule has 0 aliphatic rings. The second-order valence-electron chi connectivity index (χ2n) is 5.75. The third-order valence-corrected chi connectivity index (χ3v) is 4.31. The quantitative estimate of drug-likeness (QED) is 0.609. The lowest BCUT2D eigenvalue weighted by molar-refractivity contribution is 0.324. The maximum Gasteiger partial charge on any atom is 0.259 e. The fraction of sp³-hybridized carbons (Fsp3) is 0.200. The summed E-state index contributed by atoms with van der Waals surface area (Å²) in [5.41, 5.74) is 1.21. The fourth-order valence-corrected chi connectivity index (χ4v) is 2.85. The van der Waals surface area contributed by atoms with Crippen molar-refractivity contribution in [2.45, 2.75) is 0 Å². The predicted octanol–water partition coefficient (Wildman–Crippen LogP) is 4.21. The van der Waals surface area contributed by atoms with Crippen LogP contribution >= 0.6 is 11.6 Å². The van der Waals surface area contributed by atoms with Crippen LogP contribution in [-0.2, 0) is 0 Å². The molecule has 1 N–H and O–H groups in total. The molecule has 8 nitrogen and oxygen atoms in total. The number of hydrogen-bond donors (Lipinski definition) is 1. The van der Waals surface area contributed by atoms with Crippen LogP contribution in [0.25, 0.3) is 22.6 Å². The minimum atomic E-state index is -0.00522. The Bertz CT molecular complexity index is 1020. The van der Waals surface area contributed by atoms with Gasteiger partial charge in [-0.2, -0.15) is 0 Å². The molecule has 152 valence electrons. The zero-order valence-electron chi connectivity index (χ0n) is 16.2. The Hall–Kier alpha value is -3.39. The molecule has 29 heavy (non-hydrogen) atoms. The number of phenolic OH excluding ortho intramolecular Hbond substituents is 1. The molecule has 3 rings (SSSR count). The number of hydrogen-bond acceptors (Lipinski definition) is 8. The minimum Gasteiger partial charge on any atom is -0.504 e. The number of methoxy groups -OCH3 is 4. The Kier molecular flexibility index (Phi) is 6.13. The standard InChI is InChI=1S/C20H19ClN2O6/c1-25-15-6-5-11(8-14(15)24)7-13(21)20-23-22-19(29-20)12-9-16(26-2)18(28-4)17(10-12)27-3/h5-10,24H,1-4H3/b13-7-. The minimum absolute atomic E-state index is 0.00522. The molecule has 0 aliphatic carbocycles. The average Bonchev–Trinajstić information content (AvgIpc) is 3.23. The summed E-state index contributed by atoms with van der Waals surface area (Å²) in [6.45, 7) is 0. The SMILES string of the molecule is COc1ccc(/C=C(\Cl)c2nnc(-c3cc(OC)c(OC)c(OC)c3)o2)cc1O. The van der Waals surface area contributed by atoms with E-state index in [0.717, 1.165) is 0 Å². The van der Waals surface area contributed by atoms with E-state index in [1.54, 1.807) is 30.3 Å². The molecule has 0 amide bonds. The van der Waals surface area contributed by atoms with Gasteiger partial charge in [0.2, 0.25) is 11.6 Å². The van der Waals surface area contributed by atoms with Crippen LogP contribution in [0.1, 0.15) is 11.5 Å². The van der Waals surface area contributed by atoms with Gasteiger partial charge in [0.25, 0.3) is 5.89 Å². The molecule has 0 aliphatic heterocycles. The van der Waals surface area contributed by atoms with Crippen molar-refractivity contribution in [3.05, 3.63) is 41.8 Å². The van der Waals surface area contributed by atoms with E-state index in [0.29, 0.717) is 34.1 Å². The molecule has 1 heterocycles. The number of halogens is 1. The van der Waals surface area contributed by atoms with Crippen LogP contribution in [0.4, 0.5) is 0 Å². The van der Waals surface area contributed by atoms with Crippen LogP contribution in [0.5, 0.6) is 28.7 Å². The molecule has 0 saturated carbocycles. The summed E-state index contributed by atoms with van der Waals surface area (Å²) in [6, 6.07) is 8.26. The topological polar surface area (TPSA) is 96.1 Å². The monoisotopic (exact) mass is 418 g/mol. The molecule has 3 aromatic rings. The zero-order chi connectivity index (χ0) is 21.0. The molecular formula is C20H19ClN2O6. The van der Waals surface area contributed by atoms with Gasteiger partial charge in [0.05, 0.1) is 28.4 Å². The molecule has 9 heteroatoms. The molecule has 2 aromatic carbocycles. The number of ether oxygens (including phenoxy) is 4. The number of aromatic hydroxyl groups is 1. The Balaban J connectivity index is 1.93. The zero-order valence-corrected chi connectivity index (χ0v) is 17.0. The van der Waals surface area contributed by atoms with Gasteiger partial charge in [-0.25, -0.2) is 0 Å². The molecule has 0 spiro atoms. The van der Waals surface area contributed by atoms with Crippen molar-refractivity contribution in [2.24, 2.45) is 0 Å². The largest absolute Gasteiger partial charge is 0.504 e. The van der Waals surface area contributed by atoms with Crippen molar-refractivity contribution in [3.8, 4) is 40.2 Å². The summed E-state index contributed by atoms with van der Waals surface area (Å²) < 4.78 is 26.7. The van der Waals surface area contributed by atoms with E-state index in [1.165, 1.54) is 34.5 Å². The van der Waals surface area contributed by atoms with Gasteiger partial charge >= 0.3 is 0 Å². The number of nitrogens with zero attached hydrogens (tertiary/aromatic N) is 2. The van der Waals surface area contributed by atoms with Crippen molar-refractivity contribution in [2.75, 3.05) is 28.4 Å². The smallest absolute Gasteiger partial charge is 0.259 e. The lowest BCUT2D eigenvalue weighted by Crippen LogP contribution is -1.95. The molecule has 0 bridgehead atoms. The van der Waals surface area contributed by atoms with E-state index >= 15 is 0 Å². The number of rotatable bonds is 7. The van der Waals surface area contributed by atoms with Crippen molar-refractivity contribution in [3.63, 3.8) is 0 Å². The highest BCUT2D eigenvalue weighted by Gasteiger charge is 2.18. The molecule has 0 unspecified atom stereocenters. The van der Waals surface area contributed by atoms with E-state index in [1.807, 2.05) is 0 Å². The first-order chi connectivity index (χ1) is 14.0. The lowest BCUT2D eigenvalue weighted by Gasteiger charge is -2.12. The van der Waals surface area contributed by atoms with Gasteiger partial charge in [-0.05, 0) is 35.9 Å². The molecule has 0 fully saturated rings. The summed E-state index contributed by atoms with van der Waals surface area (Å²) in [6.07, 6.45) is 1.59. The summed E-state index contributed by atoms with van der Waals surface area (Å²) in [5, 5.41) is 18.1. The van der Waals surface area contributed by atoms with Crippen molar-refractivity contribution in [1.82, 2.24) is 10.2 Å². The fourth-order valence-electron chi connectivity index (χ4n) is 2.65. The van der Waals surface area contributed by atoms with E-state index in [-0.39, 0.29) is 22.6 Å². The Morgan fingerprint density at radius 3 is 2.14 bits per heavy atom. The highest BCUT2D eigenvalue weighted by Crippen LogP contribution is 2.41. The highest BCUT2D eigenvalue weighted by atomic mass is 35.5. The summed E-state index contributed by atoms with van der Waals surface area (Å²) >= 11 is 6.31. The first kappa shape index (κ1) is 20.3. The van der Waals surface area contributed by atoms with Gasteiger partial charge in [0, 0.05) is 5.56 Å². The maximum absolute atomic E-state index is 9.89. The molecule has 0 saturated heterocycles. The summed E-state index contributed by atoms with van der Waals surface area (Å²) in [4.78, 5) is 0. The van der Waals surface area contributed by atoms with Gasteiger partial charge < -0.3 is 28.5 Å². The van der Waals surface area contributed by atoms with Crippen LogP contribution < -0.4 is 18.9 Å². The van der Waals surface area contributed by atoms with Crippen molar-refractivity contribution in [1.29, 1.82) is 0 Å². The second-order valence-corrected chi connectivity index (χ2v) is 6.16. The maximum atomic E-state index is 9.89. The molecule has 0 radical (unpaired) electrons. The summed E-state index contributed by atoms with van der Waals surface area (Å²) in [7, 11) is 6.03. The first-order valence-electron chi connectivity index (χ1n) is 8.39. The Morgan fingerprint density at radius 1 is 0.931 bits per heavy atom. The van der Waals surface area contributed by atoms with Crippen molar-refractivity contribution < 1.29 is 28.5 Å². The third-order valence-electron chi connectivity index (χ3n) is 4.04. The van der Waals surface area contributed by atoms with Crippen LogP contribution in [0.15, 0.2) is 34.7 Å². The predicted molar refractivity (Wildman–Crippen MR) is 108 cm³/mol. The number of aromatic nitrogens is 2. The van der Waals surface area contributed by atoms with Crippen molar-refractivity contribution >= 4 is 22.7 Å². The van der Waals surface area contributed by atoms with Gasteiger partial charge in [-0.1, -0.05) is 17.7 Å². The molecule has 0 atom stereocenters. The summed E-state index contributed by atoms with van der Waals surface area (Å²) in [5.74, 6) is 2.06. The van der Waals surface area contributed by atoms with Crippen LogP contribution in [0.3, 0.4) is 0 Å². The van der Waals surface area contributed by atoms with Gasteiger partial charge in [0.15, 0.2) is 23.0 Å². The van der Waals surface area contributed by atoms with Crippen LogP contribution in [-0.4, -0.2) is 43.7 Å². The number of benzene rings is 2. The van der Waals surface area contributed by atoms with E-state index in [2.05, 4.69) is 10.2 Å². The van der Waals surface area contributed by atoms with Gasteiger partial charge in [-0.15, -0.1) is 10.2 Å². The first-order valence-corrected chi connectivity index (χ1v) is 8.77. The normalized spacial score (nSPS) is 11.3. The van der Waals surface area contributed by atoms with E-state index < -0.39 is 0 Å². The van der Waals surface area contributed by atoms with Gasteiger partial charge in [-0.3, -0.25) is 0 Å². The Labute approximate surface area is 172 Å². The van der Waals surface area contributed by atoms with Gasteiger partial charge in [0.1, 0.15) is 5.03 Å². The van der Waals surface area contributed by atoms with Crippen LogP contribution in [0.2, 0.25) is 0 Å². The molecule has 1 aromatic heterocycles. The molecular weight excluding hydrogens is 400 g/mol. The van der Waals surface area contributed by atoms with E-state index in [4.69, 9.17) is 35.0 Å². The Morgan fingerprint density at radius 2 is 1.59 bits per heavy atom. The second kappa shape index (κ2) is 8.74. The lowest BCUT2D eigenvalue weighted by atomic mass is 10.2. The van der Waals surface area contributed by atoms with Crippen LogP contribution in [0, 0.1) is 0 Å². The highest BCUT2D eigenvalue weighted by molar-refractivity contribution is 6.50. The average molecular weight is 419 g/mol.